The highest BCUT2D eigenvalue weighted by Crippen LogP contribution is 2.15. The van der Waals surface area contributed by atoms with E-state index >= 15 is 0 Å². The molecule has 1 aromatic rings. The minimum Gasteiger partial charge on any atom is -0.364 e. The molecule has 114 valence electrons. The van der Waals surface area contributed by atoms with Gasteiger partial charge in [0.15, 0.2) is 0 Å². The number of rotatable bonds is 9. The van der Waals surface area contributed by atoms with Crippen molar-refractivity contribution < 1.29 is 19.1 Å². The fourth-order valence-corrected chi connectivity index (χ4v) is 1.21. The third-order valence-electron chi connectivity index (χ3n) is 2.23. The second-order valence-electron chi connectivity index (χ2n) is 3.53. The quantitative estimate of drug-likeness (QED) is 0.488. The van der Waals surface area contributed by atoms with Gasteiger partial charge in [-0.25, -0.2) is 5.06 Å². The van der Waals surface area contributed by atoms with E-state index in [1.807, 2.05) is 0 Å². The summed E-state index contributed by atoms with van der Waals surface area (Å²) in [6.45, 7) is 0.428. The van der Waals surface area contributed by atoms with Gasteiger partial charge in [-0.15, -0.1) is 0 Å². The number of hydrogen-bond donors (Lipinski definition) is 1. The van der Waals surface area contributed by atoms with Crippen LogP contribution in [0.4, 0.5) is 17.8 Å². The van der Waals surface area contributed by atoms with Crippen LogP contribution in [-0.2, 0) is 19.1 Å². The second-order valence-corrected chi connectivity index (χ2v) is 3.53. The summed E-state index contributed by atoms with van der Waals surface area (Å²) in [7, 11) is 7.77. The number of aromatic nitrogens is 3. The van der Waals surface area contributed by atoms with Crippen molar-refractivity contribution >= 4 is 17.8 Å². The summed E-state index contributed by atoms with van der Waals surface area (Å²) in [4.78, 5) is 22.8. The lowest BCUT2D eigenvalue weighted by molar-refractivity contribution is 0.0705. The van der Waals surface area contributed by atoms with Crippen LogP contribution in [0.2, 0.25) is 0 Å². The Morgan fingerprint density at radius 3 is 2.20 bits per heavy atom. The molecule has 0 bridgehead atoms. The molecule has 0 aliphatic carbocycles. The van der Waals surface area contributed by atoms with E-state index < -0.39 is 0 Å². The smallest absolute Gasteiger partial charge is 0.258 e. The molecule has 10 nitrogen and oxygen atoms in total. The van der Waals surface area contributed by atoms with Crippen molar-refractivity contribution in [1.29, 1.82) is 0 Å². The molecule has 1 heterocycles. The fraction of sp³-hybridized carbons (Fsp3) is 0.700. The summed E-state index contributed by atoms with van der Waals surface area (Å²) in [5, 5.41) is 5.65. The number of methoxy groups -OCH3 is 2. The maximum absolute atomic E-state index is 5.14. The number of hydrogen-bond acceptors (Lipinski definition) is 10. The molecular weight excluding hydrogens is 268 g/mol. The van der Waals surface area contributed by atoms with Crippen LogP contribution in [0.15, 0.2) is 0 Å². The SMILES string of the molecule is COCNc1nc(N(C)OC)nc(N(COC)OC)n1. The van der Waals surface area contributed by atoms with Gasteiger partial charge >= 0.3 is 0 Å². The van der Waals surface area contributed by atoms with Crippen molar-refractivity contribution in [1.82, 2.24) is 15.0 Å². The lowest BCUT2D eigenvalue weighted by Crippen LogP contribution is -2.28. The Balaban J connectivity index is 3.07. The molecule has 0 atom stereocenters. The Labute approximate surface area is 117 Å². The van der Waals surface area contributed by atoms with Crippen molar-refractivity contribution in [3.63, 3.8) is 0 Å². The minimum absolute atomic E-state index is 0.167. The van der Waals surface area contributed by atoms with Crippen molar-refractivity contribution in [2.75, 3.05) is 64.4 Å². The Bertz CT molecular complexity index is 407. The average molecular weight is 288 g/mol. The molecule has 1 N–H and O–H groups in total. The van der Waals surface area contributed by atoms with Gasteiger partial charge in [0.2, 0.25) is 5.95 Å². The molecule has 0 spiro atoms. The summed E-state index contributed by atoms with van der Waals surface area (Å²) < 4.78 is 9.93. The van der Waals surface area contributed by atoms with E-state index in [0.29, 0.717) is 11.9 Å². The number of hydroxylamine groups is 2. The topological polar surface area (TPSA) is 94.1 Å². The van der Waals surface area contributed by atoms with E-state index in [9.17, 15) is 0 Å². The first-order chi connectivity index (χ1) is 9.65. The van der Waals surface area contributed by atoms with Crippen molar-refractivity contribution in [2.45, 2.75) is 0 Å². The largest absolute Gasteiger partial charge is 0.364 e. The standard InChI is InChI=1S/C10H20N6O4/c1-15(19-4)9-12-8(11-6-17-2)13-10(14-9)16(20-5)7-18-3/h6-7H2,1-5H3,(H,11,12,13,14). The van der Waals surface area contributed by atoms with Gasteiger partial charge in [-0.1, -0.05) is 0 Å². The van der Waals surface area contributed by atoms with Gasteiger partial charge in [0.05, 0.1) is 14.2 Å². The van der Waals surface area contributed by atoms with E-state index in [1.54, 1.807) is 21.3 Å². The van der Waals surface area contributed by atoms with Crippen LogP contribution in [0.5, 0.6) is 0 Å². The van der Waals surface area contributed by atoms with Gasteiger partial charge in [0, 0.05) is 21.3 Å². The van der Waals surface area contributed by atoms with Crippen LogP contribution in [-0.4, -0.2) is 63.9 Å². The van der Waals surface area contributed by atoms with Gasteiger partial charge in [-0.05, 0) is 0 Å². The first kappa shape index (κ1) is 16.3. The van der Waals surface area contributed by atoms with E-state index in [2.05, 4.69) is 20.3 Å². The molecule has 0 aliphatic heterocycles. The molecule has 1 aromatic heterocycles. The summed E-state index contributed by atoms with van der Waals surface area (Å²) in [5.74, 6) is 0.921. The summed E-state index contributed by atoms with van der Waals surface area (Å²) in [6.07, 6.45) is 0. The third kappa shape index (κ3) is 4.42. The number of anilines is 3. The van der Waals surface area contributed by atoms with E-state index in [-0.39, 0.29) is 19.4 Å². The summed E-state index contributed by atoms with van der Waals surface area (Å²) >= 11 is 0. The molecule has 0 aliphatic rings. The van der Waals surface area contributed by atoms with Gasteiger partial charge in [-0.3, -0.25) is 9.68 Å². The zero-order chi connectivity index (χ0) is 15.0. The molecule has 10 heteroatoms. The van der Waals surface area contributed by atoms with Crippen LogP contribution in [0, 0.1) is 0 Å². The molecule has 0 aromatic carbocycles. The van der Waals surface area contributed by atoms with Crippen molar-refractivity contribution in [3.05, 3.63) is 0 Å². The Morgan fingerprint density at radius 1 is 0.950 bits per heavy atom. The number of nitrogens with zero attached hydrogens (tertiary/aromatic N) is 5. The predicted molar refractivity (Wildman–Crippen MR) is 72.1 cm³/mol. The molecule has 0 amide bonds. The van der Waals surface area contributed by atoms with Crippen LogP contribution in [0.25, 0.3) is 0 Å². The zero-order valence-electron chi connectivity index (χ0n) is 12.3. The average Bonchev–Trinajstić information content (AvgIpc) is 2.49. The monoisotopic (exact) mass is 288 g/mol. The van der Waals surface area contributed by atoms with Crippen LogP contribution >= 0.6 is 0 Å². The molecule has 0 saturated heterocycles. The maximum atomic E-state index is 5.14. The number of ether oxygens (including phenoxy) is 2. The molecule has 0 fully saturated rings. The van der Waals surface area contributed by atoms with E-state index in [4.69, 9.17) is 19.1 Å². The van der Waals surface area contributed by atoms with Gasteiger partial charge < -0.3 is 14.8 Å². The van der Waals surface area contributed by atoms with E-state index in [0.717, 1.165) is 0 Å². The van der Waals surface area contributed by atoms with Crippen LogP contribution < -0.4 is 15.4 Å². The summed E-state index contributed by atoms with van der Waals surface area (Å²) in [6, 6.07) is 0. The molecule has 20 heavy (non-hydrogen) atoms. The van der Waals surface area contributed by atoms with Crippen molar-refractivity contribution in [3.8, 4) is 0 Å². The molecular formula is C10H20N6O4. The zero-order valence-corrected chi connectivity index (χ0v) is 12.3. The molecule has 0 radical (unpaired) electrons. The molecule has 1 rings (SSSR count). The lowest BCUT2D eigenvalue weighted by atomic mass is 10.7. The normalized spacial score (nSPS) is 10.4. The maximum Gasteiger partial charge on any atom is 0.258 e. The first-order valence-electron chi connectivity index (χ1n) is 5.73. The lowest BCUT2D eigenvalue weighted by Gasteiger charge is -2.21. The van der Waals surface area contributed by atoms with Gasteiger partial charge in [0.1, 0.15) is 13.5 Å². The molecule has 0 saturated carbocycles. The fourth-order valence-electron chi connectivity index (χ4n) is 1.21. The second kappa shape index (κ2) is 8.43. The first-order valence-corrected chi connectivity index (χ1v) is 5.73. The summed E-state index contributed by atoms with van der Waals surface area (Å²) in [5.41, 5.74) is 0. The Kier molecular flexibility index (Phi) is 6.87. The van der Waals surface area contributed by atoms with Gasteiger partial charge in [0.25, 0.3) is 11.9 Å². The highest BCUT2D eigenvalue weighted by Gasteiger charge is 2.15. The Hall–Kier alpha value is -1.75. The predicted octanol–water partition coefficient (Wildman–Crippen LogP) is -0.143. The molecule has 0 unspecified atom stereocenters. The van der Waals surface area contributed by atoms with Crippen LogP contribution in [0.1, 0.15) is 0 Å². The number of nitrogens with one attached hydrogen (secondary N) is 1. The highest BCUT2D eigenvalue weighted by atomic mass is 16.7. The third-order valence-corrected chi connectivity index (χ3v) is 2.23. The van der Waals surface area contributed by atoms with Gasteiger partial charge in [-0.2, -0.15) is 20.0 Å². The van der Waals surface area contributed by atoms with E-state index in [1.165, 1.54) is 24.3 Å². The van der Waals surface area contributed by atoms with Crippen molar-refractivity contribution in [2.24, 2.45) is 0 Å². The highest BCUT2D eigenvalue weighted by molar-refractivity contribution is 5.42. The Morgan fingerprint density at radius 2 is 1.65 bits per heavy atom. The minimum atomic E-state index is 0.167. The van der Waals surface area contributed by atoms with Crippen LogP contribution in [0.3, 0.4) is 0 Å².